The number of nitrogens with zero attached hydrogens (tertiary/aromatic N) is 1. The van der Waals surface area contributed by atoms with Gasteiger partial charge in [0, 0.05) is 12.0 Å². The molecule has 2 N–H and O–H groups in total. The monoisotopic (exact) mass is 422 g/mol. The Morgan fingerprint density at radius 2 is 2.07 bits per heavy atom. The molecule has 1 saturated carbocycles. The molecule has 0 bridgehead atoms. The lowest BCUT2D eigenvalue weighted by Crippen LogP contribution is -2.44. The lowest BCUT2D eigenvalue weighted by atomic mass is 10.1. The van der Waals surface area contributed by atoms with E-state index in [0.29, 0.717) is 10.6 Å². The Kier molecular flexibility index (Phi) is 4.56. The second-order valence-corrected chi connectivity index (χ2v) is 9.47. The lowest BCUT2D eigenvalue weighted by Gasteiger charge is -2.14. The van der Waals surface area contributed by atoms with Crippen LogP contribution < -0.4 is 4.72 Å². The summed E-state index contributed by atoms with van der Waals surface area (Å²) in [7, 11) is -4.07. The molecular formula is C18H15FN2O5S2. The number of sulfonamides is 1. The summed E-state index contributed by atoms with van der Waals surface area (Å²) in [5.74, 6) is -1.62. The Bertz CT molecular complexity index is 1130. The molecule has 0 saturated heterocycles. The summed E-state index contributed by atoms with van der Waals surface area (Å²) in [5, 5.41) is 13.4. The highest BCUT2D eigenvalue weighted by Crippen LogP contribution is 2.52. The molecule has 7 nitrogen and oxygen atoms in total. The molecule has 0 radical (unpaired) electrons. The first-order valence-electron chi connectivity index (χ1n) is 8.30. The van der Waals surface area contributed by atoms with Gasteiger partial charge in [0.2, 0.25) is 0 Å². The van der Waals surface area contributed by atoms with Gasteiger partial charge in [-0.3, -0.25) is 4.79 Å². The van der Waals surface area contributed by atoms with Gasteiger partial charge in [0.1, 0.15) is 22.1 Å². The number of benzene rings is 1. The van der Waals surface area contributed by atoms with Crippen LogP contribution in [-0.4, -0.2) is 30.2 Å². The van der Waals surface area contributed by atoms with Crippen LogP contribution in [0.4, 0.5) is 4.39 Å². The lowest BCUT2D eigenvalue weighted by molar-refractivity contribution is -0.140. The summed E-state index contributed by atoms with van der Waals surface area (Å²) >= 11 is 0.906. The van der Waals surface area contributed by atoms with Crippen LogP contribution in [0.1, 0.15) is 23.7 Å². The van der Waals surface area contributed by atoms with Crippen LogP contribution in [0.15, 0.2) is 57.3 Å². The van der Waals surface area contributed by atoms with Crippen LogP contribution in [0.3, 0.4) is 0 Å². The number of nitrogens with one attached hydrogen (secondary N) is 1. The largest absolute Gasteiger partial charge is 0.480 e. The Balaban J connectivity index is 1.59. The molecule has 0 amide bonds. The minimum absolute atomic E-state index is 0.0412. The van der Waals surface area contributed by atoms with Gasteiger partial charge in [0.05, 0.1) is 4.88 Å². The third-order valence-corrected chi connectivity index (χ3v) is 7.76. The highest BCUT2D eigenvalue weighted by Gasteiger charge is 2.63. The van der Waals surface area contributed by atoms with Gasteiger partial charge in [0.25, 0.3) is 10.0 Å². The Hall–Kier alpha value is -2.56. The molecule has 0 spiro atoms. The Morgan fingerprint density at radius 1 is 1.32 bits per heavy atom. The third-order valence-electron chi connectivity index (χ3n) is 4.65. The van der Waals surface area contributed by atoms with E-state index in [-0.39, 0.29) is 16.4 Å². The first kappa shape index (κ1) is 18.8. The maximum atomic E-state index is 12.8. The number of carboxylic acid groups (broad SMARTS) is 1. The van der Waals surface area contributed by atoms with Crippen molar-refractivity contribution in [2.45, 2.75) is 28.8 Å². The predicted molar refractivity (Wildman–Crippen MR) is 99.1 cm³/mol. The van der Waals surface area contributed by atoms with E-state index < -0.39 is 34.1 Å². The molecule has 1 aromatic carbocycles. The number of halogens is 1. The smallest absolute Gasteiger partial charge is 0.325 e. The van der Waals surface area contributed by atoms with Gasteiger partial charge in [-0.2, -0.15) is 4.72 Å². The van der Waals surface area contributed by atoms with Crippen molar-refractivity contribution in [2.24, 2.45) is 0 Å². The number of hydrogen-bond acceptors (Lipinski definition) is 6. The van der Waals surface area contributed by atoms with Crippen LogP contribution in [0, 0.1) is 0 Å². The molecular weight excluding hydrogens is 407 g/mol. The van der Waals surface area contributed by atoms with E-state index in [9.17, 15) is 22.7 Å². The maximum absolute atomic E-state index is 12.8. The van der Waals surface area contributed by atoms with Crippen molar-refractivity contribution in [3.63, 3.8) is 0 Å². The first-order chi connectivity index (χ1) is 13.4. The van der Waals surface area contributed by atoms with Crippen molar-refractivity contribution in [1.29, 1.82) is 0 Å². The minimum atomic E-state index is -4.07. The summed E-state index contributed by atoms with van der Waals surface area (Å²) in [6.45, 7) is -0.812. The molecule has 0 aliphatic heterocycles. The van der Waals surface area contributed by atoms with Gasteiger partial charge in [-0.1, -0.05) is 35.5 Å². The molecule has 1 aliphatic carbocycles. The molecule has 10 heteroatoms. The second-order valence-electron chi connectivity index (χ2n) is 6.48. The van der Waals surface area contributed by atoms with E-state index in [1.165, 1.54) is 18.2 Å². The molecule has 1 aliphatic rings. The van der Waals surface area contributed by atoms with Gasteiger partial charge in [0.15, 0.2) is 5.76 Å². The molecule has 146 valence electrons. The fraction of sp³-hybridized carbons (Fsp3) is 0.222. The molecule has 1 fully saturated rings. The van der Waals surface area contributed by atoms with Gasteiger partial charge in [-0.15, -0.1) is 11.3 Å². The Morgan fingerprint density at radius 3 is 2.71 bits per heavy atom. The minimum Gasteiger partial charge on any atom is -0.480 e. The topological polar surface area (TPSA) is 110 Å². The molecule has 28 heavy (non-hydrogen) atoms. The number of alkyl halides is 1. The van der Waals surface area contributed by atoms with Crippen LogP contribution in [-0.2, 0) is 21.5 Å². The zero-order valence-electron chi connectivity index (χ0n) is 14.3. The predicted octanol–water partition coefficient (Wildman–Crippen LogP) is 3.16. The molecule has 4 rings (SSSR count). The van der Waals surface area contributed by atoms with Gasteiger partial charge >= 0.3 is 5.97 Å². The summed E-state index contributed by atoms with van der Waals surface area (Å²) in [6.07, 6.45) is 0.174. The summed E-state index contributed by atoms with van der Waals surface area (Å²) < 4.78 is 45.3. The van der Waals surface area contributed by atoms with Gasteiger partial charge < -0.3 is 9.63 Å². The fourth-order valence-electron chi connectivity index (χ4n) is 3.13. The van der Waals surface area contributed by atoms with Crippen LogP contribution in [0.5, 0.6) is 0 Å². The van der Waals surface area contributed by atoms with Crippen molar-refractivity contribution in [1.82, 2.24) is 9.88 Å². The summed E-state index contributed by atoms with van der Waals surface area (Å²) in [4.78, 5) is 12.3. The average molecular weight is 422 g/mol. The highest BCUT2D eigenvalue weighted by atomic mass is 32.2. The standard InChI is InChI=1S/C18H15FN2O5S2/c19-10-12-8-14(20-26-12)15-6-7-16(27-15)28(24,25)21-18(17(22)23)9-13(18)11-4-2-1-3-5-11/h1-8,13,21H,9-10H2,(H,22,23)/t13-,18+/m1/s1. The van der Waals surface area contributed by atoms with E-state index in [4.69, 9.17) is 4.52 Å². The highest BCUT2D eigenvalue weighted by molar-refractivity contribution is 7.91. The van der Waals surface area contributed by atoms with E-state index in [2.05, 4.69) is 9.88 Å². The van der Waals surface area contributed by atoms with E-state index in [1.807, 2.05) is 6.07 Å². The number of carboxylic acids is 1. The van der Waals surface area contributed by atoms with Gasteiger partial charge in [-0.25, -0.2) is 12.8 Å². The maximum Gasteiger partial charge on any atom is 0.325 e. The fourth-order valence-corrected chi connectivity index (χ4v) is 5.79. The number of rotatable bonds is 7. The summed E-state index contributed by atoms with van der Waals surface area (Å²) in [6, 6.07) is 13.2. The molecule has 2 aromatic heterocycles. The zero-order chi connectivity index (χ0) is 19.9. The molecule has 0 unspecified atom stereocenters. The van der Waals surface area contributed by atoms with E-state index in [0.717, 1.165) is 16.9 Å². The van der Waals surface area contributed by atoms with Crippen LogP contribution >= 0.6 is 11.3 Å². The van der Waals surface area contributed by atoms with E-state index >= 15 is 0 Å². The van der Waals surface area contributed by atoms with Crippen molar-refractivity contribution >= 4 is 27.3 Å². The average Bonchev–Trinajstić information content (AvgIpc) is 3.05. The first-order valence-corrected chi connectivity index (χ1v) is 10.6. The number of thiophene rings is 1. The molecule has 2 atom stereocenters. The third kappa shape index (κ3) is 3.23. The van der Waals surface area contributed by atoms with Crippen LogP contribution in [0.2, 0.25) is 0 Å². The molecule has 3 aromatic rings. The number of aliphatic carboxylic acids is 1. The number of aromatic nitrogens is 1. The second kappa shape index (κ2) is 6.80. The normalized spacial score (nSPS) is 21.5. The zero-order valence-corrected chi connectivity index (χ0v) is 16.0. The molecule has 2 heterocycles. The van der Waals surface area contributed by atoms with Crippen LogP contribution in [0.25, 0.3) is 10.6 Å². The number of hydrogen-bond donors (Lipinski definition) is 2. The van der Waals surface area contributed by atoms with E-state index in [1.54, 1.807) is 24.3 Å². The van der Waals surface area contributed by atoms with Gasteiger partial charge in [-0.05, 0) is 24.1 Å². The summed E-state index contributed by atoms with van der Waals surface area (Å²) in [5.41, 5.74) is -0.485. The SMILES string of the molecule is O=C(O)[C@]1(NS(=O)(=O)c2ccc(-c3cc(CF)on3)s2)C[C@@H]1c1ccccc1. The van der Waals surface area contributed by atoms with Crippen molar-refractivity contribution in [3.05, 3.63) is 59.9 Å². The quantitative estimate of drug-likeness (QED) is 0.605. The van der Waals surface area contributed by atoms with Crippen molar-refractivity contribution in [3.8, 4) is 10.6 Å². The number of carbonyl (C=O) groups is 1. The van der Waals surface area contributed by atoms with Crippen molar-refractivity contribution < 1.29 is 27.2 Å². The van der Waals surface area contributed by atoms with Crippen molar-refractivity contribution in [2.75, 3.05) is 0 Å². The Labute approximate surface area is 163 Å².